The Labute approximate surface area is 437 Å². The Balaban J connectivity index is 0.000000188. The van der Waals surface area contributed by atoms with Crippen LogP contribution < -0.4 is 39.7 Å². The molecule has 4 amide bonds. The third-order valence-electron chi connectivity index (χ3n) is 13.9. The maximum atomic E-state index is 13.7. The minimum Gasteiger partial charge on any atom is -0.491 e. The van der Waals surface area contributed by atoms with Crippen molar-refractivity contribution in [3.8, 4) is 11.5 Å². The van der Waals surface area contributed by atoms with Gasteiger partial charge in [-0.25, -0.2) is 34.3 Å². The van der Waals surface area contributed by atoms with Crippen LogP contribution in [0.4, 0.5) is 57.4 Å². The highest BCUT2D eigenvalue weighted by molar-refractivity contribution is 6.06. The number of carboxylic acid groups (broad SMARTS) is 1. The minimum absolute atomic E-state index is 0.0879. The minimum atomic E-state index is -4.49. The number of nitrogens with one attached hydrogen (secondary N) is 2. The average Bonchev–Trinajstić information content (AvgIpc) is 3.94. The number of ketones is 1. The van der Waals surface area contributed by atoms with Gasteiger partial charge < -0.3 is 43.3 Å². The molecular weight excluding hydrogens is 998 g/mol. The molecule has 4 saturated heterocycles. The molecule has 24 heteroatoms. The summed E-state index contributed by atoms with van der Waals surface area (Å²) in [5, 5.41) is 15.2. The molecular formula is C52H63F3N10O11. The molecule has 10 heterocycles. The van der Waals surface area contributed by atoms with E-state index >= 15 is 0 Å². The standard InChI is InChI=1S/C28H34F3N5O5.C24H29N5O6/c1-16-10-21(22(37)11-17(2)28(29,30)31)33-25-24(16)35-9-5-6-18(13-35)36(25)26(38)34-23-12-19(7-8-32-23)39-14-20-15-40-27(3,4)41-20;1-14-9-18(22(30)31)26-21-20(14)28-8-4-5-15(11-28)29(21)23(32)27-19-10-16(6-7-25-19)33-12-17-13-34-24(2,3)35-17/h7-8,10,12,17-18,20H,5-6,9,11,13-15H2,1-4H3,(H,32,34,38);6-7,9-10,15,17H,4-5,8,11-13H2,1-3H3,(H,30,31)(H,25,27,32)/t17-,18-,20-;15-,17-/m00/s1. The van der Waals surface area contributed by atoms with E-state index in [9.17, 15) is 37.5 Å². The summed E-state index contributed by atoms with van der Waals surface area (Å²) < 4.78 is 73.7. The number of anilines is 6. The van der Waals surface area contributed by atoms with Crippen molar-refractivity contribution in [3.63, 3.8) is 0 Å². The van der Waals surface area contributed by atoms with E-state index in [-0.39, 0.29) is 53.9 Å². The molecule has 5 atom stereocenters. The van der Waals surface area contributed by atoms with E-state index in [1.165, 1.54) is 17.2 Å². The maximum Gasteiger partial charge on any atom is 0.391 e. The van der Waals surface area contributed by atoms with Gasteiger partial charge in [0.1, 0.15) is 54.3 Å². The predicted molar refractivity (Wildman–Crippen MR) is 272 cm³/mol. The third kappa shape index (κ3) is 12.2. The number of ether oxygens (including phenoxy) is 6. The third-order valence-corrected chi connectivity index (χ3v) is 13.9. The van der Waals surface area contributed by atoms with Crippen LogP contribution in [-0.2, 0) is 18.9 Å². The second kappa shape index (κ2) is 21.6. The number of urea groups is 2. The zero-order valence-electron chi connectivity index (χ0n) is 43.4. The van der Waals surface area contributed by atoms with Gasteiger partial charge in [0.2, 0.25) is 0 Å². The van der Waals surface area contributed by atoms with Gasteiger partial charge in [0.05, 0.1) is 42.6 Å². The fraction of sp³-hybridized carbons (Fsp3) is 0.538. The summed E-state index contributed by atoms with van der Waals surface area (Å²) in [6.07, 6.45) is 0.720. The average molecular weight is 1060 g/mol. The SMILES string of the molecule is Cc1cc(C(=O)C[C@H](C)C(F)(F)F)nc2c1N1CCC[C@@H](C1)N2C(=O)Nc1cc(OC[C@H]2COC(C)(C)O2)ccn1.Cc1cc(C(=O)O)nc2c1N1CCC[C@@H](C1)N2C(=O)Nc1cc(OC[C@H]2COC(C)(C)O2)ccn1. The molecule has 21 nitrogen and oxygen atoms in total. The lowest BCUT2D eigenvalue weighted by atomic mass is 9.96. The Morgan fingerprint density at radius 2 is 1.18 bits per heavy atom. The number of Topliss-reactive ketones (excluding diaryl/α,β-unsaturated/α-hetero) is 1. The maximum absolute atomic E-state index is 13.7. The van der Waals surface area contributed by atoms with E-state index in [4.69, 9.17) is 28.4 Å². The monoisotopic (exact) mass is 1060 g/mol. The molecule has 6 aliphatic heterocycles. The van der Waals surface area contributed by atoms with Crippen LogP contribution in [0.5, 0.6) is 11.5 Å². The molecule has 10 rings (SSSR count). The Kier molecular flexibility index (Phi) is 15.3. The van der Waals surface area contributed by atoms with Gasteiger partial charge in [0.15, 0.2) is 34.7 Å². The van der Waals surface area contributed by atoms with Crippen molar-refractivity contribution in [2.45, 2.75) is 123 Å². The van der Waals surface area contributed by atoms with Crippen LogP contribution in [0.15, 0.2) is 48.8 Å². The van der Waals surface area contributed by atoms with E-state index in [0.29, 0.717) is 73.7 Å². The molecule has 0 aliphatic carbocycles. The first-order chi connectivity index (χ1) is 36.0. The van der Waals surface area contributed by atoms with Crippen LogP contribution in [0.2, 0.25) is 0 Å². The normalized spacial score (nSPS) is 22.3. The number of nitrogens with zero attached hydrogens (tertiary/aromatic N) is 8. The van der Waals surface area contributed by atoms with Crippen LogP contribution in [0, 0.1) is 19.8 Å². The molecule has 0 saturated carbocycles. The number of carboxylic acids is 1. The Hall–Kier alpha value is -6.89. The van der Waals surface area contributed by atoms with Crippen molar-refractivity contribution in [1.82, 2.24) is 19.9 Å². The number of carbonyl (C=O) groups excluding carboxylic acids is 3. The van der Waals surface area contributed by atoms with Crippen LogP contribution in [0.25, 0.3) is 0 Å². The number of piperidine rings is 2. The number of alkyl halides is 3. The molecule has 4 fully saturated rings. The summed E-state index contributed by atoms with van der Waals surface area (Å²) >= 11 is 0. The largest absolute Gasteiger partial charge is 0.491 e. The molecule has 3 N–H and O–H groups in total. The smallest absolute Gasteiger partial charge is 0.391 e. The lowest BCUT2D eigenvalue weighted by Gasteiger charge is -2.46. The zero-order valence-corrected chi connectivity index (χ0v) is 43.4. The fourth-order valence-electron chi connectivity index (χ4n) is 10.3. The number of halogens is 3. The van der Waals surface area contributed by atoms with Crippen molar-refractivity contribution in [3.05, 3.63) is 71.3 Å². The quantitative estimate of drug-likeness (QED) is 0.114. The number of aromatic carboxylic acids is 1. The lowest BCUT2D eigenvalue weighted by Crippen LogP contribution is -2.56. The van der Waals surface area contributed by atoms with Gasteiger partial charge in [-0.05, 0) is 103 Å². The summed E-state index contributed by atoms with van der Waals surface area (Å²) in [7, 11) is 0. The van der Waals surface area contributed by atoms with Crippen LogP contribution in [-0.4, -0.2) is 144 Å². The van der Waals surface area contributed by atoms with Crippen molar-refractivity contribution < 1.29 is 65.9 Å². The summed E-state index contributed by atoms with van der Waals surface area (Å²) in [6, 6.07) is 8.40. The Morgan fingerprint density at radius 1 is 0.737 bits per heavy atom. The van der Waals surface area contributed by atoms with Gasteiger partial charge >= 0.3 is 24.2 Å². The molecule has 0 unspecified atom stereocenters. The first-order valence-electron chi connectivity index (χ1n) is 25.4. The van der Waals surface area contributed by atoms with Crippen LogP contribution in [0.1, 0.15) is 98.8 Å². The van der Waals surface area contributed by atoms with Gasteiger partial charge in [-0.15, -0.1) is 0 Å². The molecule has 4 aromatic heterocycles. The van der Waals surface area contributed by atoms with E-state index in [1.54, 1.807) is 48.4 Å². The predicted octanol–water partition coefficient (Wildman–Crippen LogP) is 8.14. The van der Waals surface area contributed by atoms with Gasteiger partial charge in [-0.3, -0.25) is 25.2 Å². The second-order valence-electron chi connectivity index (χ2n) is 20.7. The molecule has 4 aromatic rings. The van der Waals surface area contributed by atoms with Crippen molar-refractivity contribution in [2.24, 2.45) is 5.92 Å². The number of carbonyl (C=O) groups is 4. The number of aryl methyl sites for hydroxylation is 2. The number of hydrogen-bond donors (Lipinski definition) is 3. The summed E-state index contributed by atoms with van der Waals surface area (Å²) in [5.74, 6) is -2.75. The summed E-state index contributed by atoms with van der Waals surface area (Å²) in [5.41, 5.74) is 2.77. The van der Waals surface area contributed by atoms with Crippen LogP contribution >= 0.6 is 0 Å². The summed E-state index contributed by atoms with van der Waals surface area (Å²) in [4.78, 5) is 76.4. The molecule has 408 valence electrons. The number of hydrogen-bond acceptors (Lipinski definition) is 16. The highest BCUT2D eigenvalue weighted by Crippen LogP contribution is 2.43. The van der Waals surface area contributed by atoms with E-state index < -0.39 is 53.9 Å². The highest BCUT2D eigenvalue weighted by Gasteiger charge is 2.43. The molecule has 4 bridgehead atoms. The van der Waals surface area contributed by atoms with Gasteiger partial charge in [0, 0.05) is 57.1 Å². The zero-order chi connectivity index (χ0) is 54.3. The van der Waals surface area contributed by atoms with Crippen molar-refractivity contribution in [2.75, 3.05) is 82.8 Å². The number of fused-ring (bicyclic) bond motifs is 8. The molecule has 6 aliphatic rings. The van der Waals surface area contributed by atoms with E-state index in [1.807, 2.05) is 34.6 Å². The van der Waals surface area contributed by atoms with E-state index in [2.05, 4.69) is 40.4 Å². The molecule has 76 heavy (non-hydrogen) atoms. The first-order valence-corrected chi connectivity index (χ1v) is 25.4. The molecule has 0 radical (unpaired) electrons. The second-order valence-corrected chi connectivity index (χ2v) is 20.7. The summed E-state index contributed by atoms with van der Waals surface area (Å²) in [6.45, 7) is 16.2. The van der Waals surface area contributed by atoms with E-state index in [0.717, 1.165) is 50.5 Å². The Morgan fingerprint density at radius 3 is 1.61 bits per heavy atom. The van der Waals surface area contributed by atoms with Crippen LogP contribution in [0.3, 0.4) is 0 Å². The van der Waals surface area contributed by atoms with Gasteiger partial charge in [-0.1, -0.05) is 6.92 Å². The highest BCUT2D eigenvalue weighted by atomic mass is 19.4. The first kappa shape index (κ1) is 53.9. The molecule has 0 aromatic carbocycles. The lowest BCUT2D eigenvalue weighted by molar-refractivity contribution is -0.168. The van der Waals surface area contributed by atoms with Crippen molar-refractivity contribution in [1.29, 1.82) is 0 Å². The number of amides is 4. The van der Waals surface area contributed by atoms with Gasteiger partial charge in [-0.2, -0.15) is 13.2 Å². The number of pyridine rings is 4. The molecule has 0 spiro atoms. The topological polar surface area (TPSA) is 232 Å². The Bertz CT molecular complexity index is 2860. The number of rotatable bonds is 12. The fourth-order valence-corrected chi connectivity index (χ4v) is 10.3. The van der Waals surface area contributed by atoms with Crippen molar-refractivity contribution >= 4 is 58.5 Å². The number of aromatic nitrogens is 4. The van der Waals surface area contributed by atoms with Gasteiger partial charge in [0.25, 0.3) is 0 Å².